The Bertz CT molecular complexity index is 551. The van der Waals surface area contributed by atoms with Gasteiger partial charge in [-0.25, -0.2) is 0 Å². The fourth-order valence-corrected chi connectivity index (χ4v) is 3.99. The van der Waals surface area contributed by atoms with Crippen molar-refractivity contribution < 1.29 is 9.53 Å². The van der Waals surface area contributed by atoms with Crippen LogP contribution in [0.5, 0.6) is 5.75 Å². The van der Waals surface area contributed by atoms with Crippen molar-refractivity contribution in [1.82, 2.24) is 10.2 Å². The van der Waals surface area contributed by atoms with Crippen molar-refractivity contribution in [2.75, 3.05) is 32.8 Å². The van der Waals surface area contributed by atoms with Crippen LogP contribution in [0.1, 0.15) is 37.7 Å². The van der Waals surface area contributed by atoms with E-state index in [1.165, 1.54) is 25.9 Å². The van der Waals surface area contributed by atoms with E-state index in [-0.39, 0.29) is 36.6 Å². The smallest absolute Gasteiger partial charge is 0.223 e. The van der Waals surface area contributed by atoms with E-state index >= 15 is 0 Å². The van der Waals surface area contributed by atoms with Crippen molar-refractivity contribution in [3.8, 4) is 5.75 Å². The lowest BCUT2D eigenvalue weighted by atomic mass is 9.95. The highest BCUT2D eigenvalue weighted by Crippen LogP contribution is 2.31. The number of nitrogens with two attached hydrogens (primary N) is 1. The second kappa shape index (κ2) is 12.4. The summed E-state index contributed by atoms with van der Waals surface area (Å²) in [5.41, 5.74) is 6.87. The maximum Gasteiger partial charge on any atom is 0.223 e. The van der Waals surface area contributed by atoms with Crippen LogP contribution in [-0.4, -0.2) is 43.6 Å². The summed E-state index contributed by atoms with van der Waals surface area (Å²) >= 11 is 0. The van der Waals surface area contributed by atoms with Gasteiger partial charge in [0.15, 0.2) is 0 Å². The van der Waals surface area contributed by atoms with E-state index in [9.17, 15) is 4.79 Å². The first-order chi connectivity index (χ1) is 12.3. The van der Waals surface area contributed by atoms with Crippen LogP contribution in [0.2, 0.25) is 0 Å². The van der Waals surface area contributed by atoms with Crippen LogP contribution in [0.15, 0.2) is 24.3 Å². The van der Waals surface area contributed by atoms with Crippen LogP contribution in [0.3, 0.4) is 0 Å². The quantitative estimate of drug-likeness (QED) is 0.681. The molecule has 1 aromatic carbocycles. The highest BCUT2D eigenvalue weighted by Gasteiger charge is 2.31. The van der Waals surface area contributed by atoms with E-state index in [4.69, 9.17) is 10.5 Å². The molecule has 1 saturated heterocycles. The van der Waals surface area contributed by atoms with Gasteiger partial charge in [-0.15, -0.1) is 24.8 Å². The summed E-state index contributed by atoms with van der Waals surface area (Å²) in [6.07, 6.45) is 5.79. The van der Waals surface area contributed by atoms with E-state index < -0.39 is 0 Å². The molecule has 1 aromatic rings. The lowest BCUT2D eigenvalue weighted by Gasteiger charge is -2.17. The lowest BCUT2D eigenvalue weighted by molar-refractivity contribution is -0.126. The van der Waals surface area contributed by atoms with E-state index in [0.29, 0.717) is 19.0 Å². The zero-order valence-electron chi connectivity index (χ0n) is 15.9. The van der Waals surface area contributed by atoms with Crippen molar-refractivity contribution in [2.24, 2.45) is 17.6 Å². The Hall–Kier alpha value is -1.01. The molecule has 0 aromatic heterocycles. The first-order valence-corrected chi connectivity index (χ1v) is 9.68. The zero-order valence-corrected chi connectivity index (χ0v) is 17.5. The zero-order chi connectivity index (χ0) is 17.5. The number of ether oxygens (including phenoxy) is 1. The Labute approximate surface area is 175 Å². The van der Waals surface area contributed by atoms with Gasteiger partial charge >= 0.3 is 0 Å². The summed E-state index contributed by atoms with van der Waals surface area (Å²) in [4.78, 5) is 14.8. The number of hydrogen-bond donors (Lipinski definition) is 2. The number of likely N-dealkylation sites (tertiary alicyclic amines) is 1. The minimum atomic E-state index is 0. The van der Waals surface area contributed by atoms with Crippen LogP contribution in [0, 0.1) is 11.8 Å². The third kappa shape index (κ3) is 7.15. The predicted molar refractivity (Wildman–Crippen MR) is 114 cm³/mol. The molecule has 7 heteroatoms. The maximum atomic E-state index is 12.3. The third-order valence-corrected chi connectivity index (χ3v) is 5.56. The summed E-state index contributed by atoms with van der Waals surface area (Å²) in [5, 5.41) is 3.06. The van der Waals surface area contributed by atoms with Crippen molar-refractivity contribution in [2.45, 2.75) is 38.6 Å². The van der Waals surface area contributed by atoms with Gasteiger partial charge in [0.1, 0.15) is 12.4 Å². The summed E-state index contributed by atoms with van der Waals surface area (Å²) < 4.78 is 5.82. The molecule has 2 fully saturated rings. The molecule has 3 rings (SSSR count). The van der Waals surface area contributed by atoms with E-state index in [1.807, 2.05) is 24.3 Å². The third-order valence-electron chi connectivity index (χ3n) is 5.56. The summed E-state index contributed by atoms with van der Waals surface area (Å²) in [6.45, 7) is 5.32. The minimum absolute atomic E-state index is 0. The Morgan fingerprint density at radius 2 is 1.81 bits per heavy atom. The second-order valence-electron chi connectivity index (χ2n) is 7.29. The van der Waals surface area contributed by atoms with Gasteiger partial charge in [0, 0.05) is 19.0 Å². The monoisotopic (exact) mass is 417 g/mol. The summed E-state index contributed by atoms with van der Waals surface area (Å²) in [7, 11) is 0. The number of carbonyl (C=O) groups is 1. The van der Waals surface area contributed by atoms with Crippen LogP contribution < -0.4 is 15.8 Å². The van der Waals surface area contributed by atoms with Gasteiger partial charge in [0.25, 0.3) is 0 Å². The Morgan fingerprint density at radius 1 is 1.11 bits per heavy atom. The van der Waals surface area contributed by atoms with Crippen molar-refractivity contribution in [1.29, 1.82) is 0 Å². The lowest BCUT2D eigenvalue weighted by Crippen LogP contribution is -2.34. The van der Waals surface area contributed by atoms with Gasteiger partial charge in [-0.1, -0.05) is 18.6 Å². The molecule has 1 aliphatic carbocycles. The van der Waals surface area contributed by atoms with Crippen LogP contribution in [0.4, 0.5) is 0 Å². The average molecular weight is 418 g/mol. The Balaban J connectivity index is 0.00000182. The van der Waals surface area contributed by atoms with Crippen molar-refractivity contribution in [3.63, 3.8) is 0 Å². The van der Waals surface area contributed by atoms with Crippen LogP contribution in [0.25, 0.3) is 0 Å². The standard InChI is InChI=1S/C20H31N3O2.2ClH/c21-14-17-4-3-5-19(17)20(24)22-15-16-6-8-18(9-7-16)25-13-12-23-10-1-2-11-23;;/h6-9,17,19H,1-5,10-15,21H2,(H,22,24);2*1H/t17-,19-;;/m1../s1. The van der Waals surface area contributed by atoms with Crippen molar-refractivity contribution in [3.05, 3.63) is 29.8 Å². The second-order valence-corrected chi connectivity index (χ2v) is 7.29. The molecule has 0 unspecified atom stereocenters. The average Bonchev–Trinajstić information content (AvgIpc) is 3.32. The van der Waals surface area contributed by atoms with Gasteiger partial charge in [-0.2, -0.15) is 0 Å². The van der Waals surface area contributed by atoms with E-state index in [0.717, 1.165) is 43.7 Å². The van der Waals surface area contributed by atoms with Gasteiger partial charge in [0.05, 0.1) is 0 Å². The Kier molecular flexibility index (Phi) is 11.1. The molecule has 1 amide bonds. The molecular formula is C20H33Cl2N3O2. The number of amides is 1. The summed E-state index contributed by atoms with van der Waals surface area (Å²) in [6, 6.07) is 8.04. The number of carbonyl (C=O) groups excluding carboxylic acids is 1. The molecule has 3 N–H and O–H groups in total. The van der Waals surface area contributed by atoms with Gasteiger partial charge in [0.2, 0.25) is 5.91 Å². The predicted octanol–water partition coefficient (Wildman–Crippen LogP) is 3.00. The highest BCUT2D eigenvalue weighted by molar-refractivity contribution is 5.85. The molecular weight excluding hydrogens is 385 g/mol. The van der Waals surface area contributed by atoms with Gasteiger partial charge in [-0.3, -0.25) is 9.69 Å². The van der Waals surface area contributed by atoms with Gasteiger partial charge in [-0.05, 0) is 68.9 Å². The molecule has 154 valence electrons. The normalized spacial score (nSPS) is 22.0. The first-order valence-electron chi connectivity index (χ1n) is 9.68. The molecule has 2 atom stereocenters. The molecule has 0 radical (unpaired) electrons. The summed E-state index contributed by atoms with van der Waals surface area (Å²) in [5.74, 6) is 1.50. The maximum absolute atomic E-state index is 12.3. The first kappa shape index (κ1) is 24.0. The topological polar surface area (TPSA) is 67.6 Å². The molecule has 0 spiro atoms. The SMILES string of the molecule is Cl.Cl.NC[C@H]1CCC[C@H]1C(=O)NCc1ccc(OCCN2CCCC2)cc1. The van der Waals surface area contributed by atoms with Crippen LogP contribution in [-0.2, 0) is 11.3 Å². The Morgan fingerprint density at radius 3 is 2.48 bits per heavy atom. The van der Waals surface area contributed by atoms with E-state index in [1.54, 1.807) is 0 Å². The number of rotatable bonds is 8. The number of nitrogens with zero attached hydrogens (tertiary/aromatic N) is 1. The fraction of sp³-hybridized carbons (Fsp3) is 0.650. The van der Waals surface area contributed by atoms with Crippen LogP contribution >= 0.6 is 24.8 Å². The molecule has 2 aliphatic rings. The molecule has 0 bridgehead atoms. The number of nitrogens with one attached hydrogen (secondary N) is 1. The molecule has 1 heterocycles. The largest absolute Gasteiger partial charge is 0.492 e. The minimum Gasteiger partial charge on any atom is -0.492 e. The number of hydrogen-bond acceptors (Lipinski definition) is 4. The van der Waals surface area contributed by atoms with E-state index in [2.05, 4.69) is 10.2 Å². The van der Waals surface area contributed by atoms with Crippen molar-refractivity contribution >= 4 is 30.7 Å². The fourth-order valence-electron chi connectivity index (χ4n) is 3.99. The molecule has 5 nitrogen and oxygen atoms in total. The molecule has 1 aliphatic heterocycles. The number of benzene rings is 1. The molecule has 1 saturated carbocycles. The molecule has 27 heavy (non-hydrogen) atoms. The van der Waals surface area contributed by atoms with Gasteiger partial charge < -0.3 is 15.8 Å². The highest BCUT2D eigenvalue weighted by atomic mass is 35.5. The number of halogens is 2.